The maximum atomic E-state index is 13.5. The highest BCUT2D eigenvalue weighted by Gasteiger charge is 2.40. The first-order valence-corrected chi connectivity index (χ1v) is 13.6. The first-order valence-electron chi connectivity index (χ1n) is 10.7. The van der Waals surface area contributed by atoms with Gasteiger partial charge in [0.05, 0.1) is 15.5 Å². The van der Waals surface area contributed by atoms with Crippen LogP contribution in [0, 0.1) is 5.41 Å². The molecule has 9 heteroatoms. The second-order valence-corrected chi connectivity index (χ2v) is 11.4. The smallest absolute Gasteiger partial charge is 0.368 e. The number of hydrogen-bond acceptors (Lipinski definition) is 6. The maximum Gasteiger partial charge on any atom is 0.368 e. The molecule has 0 amide bonds. The summed E-state index contributed by atoms with van der Waals surface area (Å²) in [4.78, 5) is 13.8. The van der Waals surface area contributed by atoms with Crippen LogP contribution >= 0.6 is 22.4 Å². The Morgan fingerprint density at radius 3 is 2.61 bits per heavy atom. The number of thioether (sulfide) groups is 1. The van der Waals surface area contributed by atoms with Crippen LogP contribution in [0.5, 0.6) is 5.75 Å². The van der Waals surface area contributed by atoms with Gasteiger partial charge in [0.25, 0.3) is 0 Å². The lowest BCUT2D eigenvalue weighted by Crippen LogP contribution is -2.35. The summed E-state index contributed by atoms with van der Waals surface area (Å²) in [5, 5.41) is 8.78. The Morgan fingerprint density at radius 2 is 2.00 bits per heavy atom. The molecule has 0 aliphatic carbocycles. The Morgan fingerprint density at radius 1 is 1.30 bits per heavy atom. The highest BCUT2D eigenvalue weighted by Crippen LogP contribution is 2.61. The molecular formula is C24H30FNO5S2. The summed E-state index contributed by atoms with van der Waals surface area (Å²) < 4.78 is 41.5. The largest absolute Gasteiger partial charge is 0.476 e. The van der Waals surface area contributed by atoms with Crippen molar-refractivity contribution < 1.29 is 28.1 Å². The van der Waals surface area contributed by atoms with Gasteiger partial charge in [-0.05, 0) is 30.9 Å². The fourth-order valence-corrected chi connectivity index (χ4v) is 6.79. The summed E-state index contributed by atoms with van der Waals surface area (Å²) in [5.74, 6) is -2.82. The number of para-hydroxylation sites is 1. The number of ether oxygens (including phenoxy) is 1. The maximum absolute atomic E-state index is 13.5. The molecule has 1 aliphatic rings. The second kappa shape index (κ2) is 10.4. The van der Waals surface area contributed by atoms with Gasteiger partial charge >= 0.3 is 5.97 Å². The van der Waals surface area contributed by atoms with Crippen molar-refractivity contribution >= 4 is 39.7 Å². The standard InChI is InChI=1S/C24H30FNO5S2/c1-4-5-11-24(2)15-26(17-9-7-6-8-10-17)19-12-21(32-3)20(31-14-18(25)23(27)28)13-22(19)33(29,30)16-24/h6-10,12-14,29-30H,4-5,11,15-16H2,1-3H3,(H,27,28)/b18-14-/t24-/m1/s1. The second-order valence-electron chi connectivity index (χ2n) is 8.51. The number of nitrogens with zero attached hydrogens (tertiary/aromatic N) is 1. The summed E-state index contributed by atoms with van der Waals surface area (Å²) in [6.07, 6.45) is 5.14. The van der Waals surface area contributed by atoms with Gasteiger partial charge in [0, 0.05) is 29.5 Å². The molecule has 0 saturated carbocycles. The molecule has 180 valence electrons. The van der Waals surface area contributed by atoms with Gasteiger partial charge in [0.2, 0.25) is 5.83 Å². The van der Waals surface area contributed by atoms with Crippen LogP contribution in [0.15, 0.2) is 64.3 Å². The number of rotatable bonds is 8. The predicted molar refractivity (Wildman–Crippen MR) is 133 cm³/mol. The average molecular weight is 496 g/mol. The lowest BCUT2D eigenvalue weighted by atomic mass is 9.86. The third-order valence-electron chi connectivity index (χ3n) is 5.67. The zero-order valence-corrected chi connectivity index (χ0v) is 20.6. The van der Waals surface area contributed by atoms with Crippen LogP contribution < -0.4 is 9.64 Å². The summed E-state index contributed by atoms with van der Waals surface area (Å²) in [7, 11) is -3.22. The van der Waals surface area contributed by atoms with E-state index in [-0.39, 0.29) is 16.9 Å². The predicted octanol–water partition coefficient (Wildman–Crippen LogP) is 7.14. The van der Waals surface area contributed by atoms with Crippen molar-refractivity contribution in [2.45, 2.75) is 42.9 Å². The van der Waals surface area contributed by atoms with E-state index in [9.17, 15) is 18.3 Å². The molecule has 0 radical (unpaired) electrons. The third kappa shape index (κ3) is 5.84. The van der Waals surface area contributed by atoms with E-state index in [0.717, 1.165) is 24.9 Å². The fraction of sp³-hybridized carbons (Fsp3) is 0.375. The lowest BCUT2D eigenvalue weighted by molar-refractivity contribution is -0.134. The van der Waals surface area contributed by atoms with E-state index in [1.807, 2.05) is 36.6 Å². The van der Waals surface area contributed by atoms with Crippen LogP contribution in [0.4, 0.5) is 15.8 Å². The number of carboxylic acid groups (broad SMARTS) is 1. The van der Waals surface area contributed by atoms with Gasteiger partial charge in [0.1, 0.15) is 12.0 Å². The van der Waals surface area contributed by atoms with E-state index in [2.05, 4.69) is 18.7 Å². The molecule has 0 bridgehead atoms. The molecule has 3 rings (SSSR count). The van der Waals surface area contributed by atoms with E-state index >= 15 is 0 Å². The van der Waals surface area contributed by atoms with Crippen molar-refractivity contribution in [3.63, 3.8) is 0 Å². The number of aliphatic carboxylic acids is 1. The van der Waals surface area contributed by atoms with Crippen molar-refractivity contribution in [1.29, 1.82) is 0 Å². The molecule has 0 unspecified atom stereocenters. The minimum Gasteiger partial charge on any atom is -0.476 e. The van der Waals surface area contributed by atoms with Crippen molar-refractivity contribution in [2.75, 3.05) is 23.5 Å². The lowest BCUT2D eigenvalue weighted by Gasteiger charge is -2.39. The Bertz CT molecular complexity index is 1030. The number of carbonyl (C=O) groups is 1. The van der Waals surface area contributed by atoms with Crippen molar-refractivity contribution in [3.05, 3.63) is 54.6 Å². The van der Waals surface area contributed by atoms with Crippen LogP contribution in [0.3, 0.4) is 0 Å². The molecule has 2 aromatic carbocycles. The third-order valence-corrected chi connectivity index (χ3v) is 8.56. The van der Waals surface area contributed by atoms with Crippen molar-refractivity contribution in [2.24, 2.45) is 5.41 Å². The van der Waals surface area contributed by atoms with Gasteiger partial charge in [-0.25, -0.2) is 4.79 Å². The summed E-state index contributed by atoms with van der Waals surface area (Å²) in [6, 6.07) is 13.1. The molecule has 1 heterocycles. The molecule has 0 spiro atoms. The summed E-state index contributed by atoms with van der Waals surface area (Å²) >= 11 is 1.34. The van der Waals surface area contributed by atoms with Gasteiger partial charge in [-0.2, -0.15) is 15.0 Å². The zero-order chi connectivity index (χ0) is 24.2. The van der Waals surface area contributed by atoms with E-state index in [1.54, 1.807) is 6.07 Å². The van der Waals surface area contributed by atoms with E-state index < -0.39 is 22.4 Å². The molecule has 0 fully saturated rings. The number of halogens is 1. The summed E-state index contributed by atoms with van der Waals surface area (Å²) in [6.45, 7) is 4.79. The molecule has 1 atom stereocenters. The Labute approximate surface area is 199 Å². The number of unbranched alkanes of at least 4 members (excludes halogenated alkanes) is 1. The van der Waals surface area contributed by atoms with E-state index in [0.29, 0.717) is 28.3 Å². The van der Waals surface area contributed by atoms with Gasteiger partial charge in [-0.15, -0.1) is 11.8 Å². The number of anilines is 2. The number of benzene rings is 2. The zero-order valence-electron chi connectivity index (χ0n) is 19.0. The Hall–Kier alpha value is -2.20. The number of fused-ring (bicyclic) bond motifs is 1. The van der Waals surface area contributed by atoms with Crippen LogP contribution in [0.2, 0.25) is 0 Å². The molecular weight excluding hydrogens is 465 g/mol. The molecule has 3 N–H and O–H groups in total. The van der Waals surface area contributed by atoms with Gasteiger partial charge in [-0.3, -0.25) is 9.11 Å². The monoisotopic (exact) mass is 495 g/mol. The Balaban J connectivity index is 2.18. The van der Waals surface area contributed by atoms with Crippen LogP contribution in [-0.4, -0.2) is 38.7 Å². The minimum atomic E-state index is -3.22. The van der Waals surface area contributed by atoms with Gasteiger partial charge in [-0.1, -0.05) is 44.9 Å². The van der Waals surface area contributed by atoms with Crippen LogP contribution in [0.25, 0.3) is 0 Å². The average Bonchev–Trinajstić information content (AvgIpc) is 2.87. The molecule has 0 saturated heterocycles. The highest BCUT2D eigenvalue weighted by molar-refractivity contribution is 8.24. The minimum absolute atomic E-state index is 0.169. The first kappa shape index (κ1) is 25.4. The molecule has 2 aromatic rings. The van der Waals surface area contributed by atoms with Gasteiger partial charge in [0.15, 0.2) is 0 Å². The Kier molecular flexibility index (Phi) is 8.00. The fourth-order valence-electron chi connectivity index (χ4n) is 4.09. The van der Waals surface area contributed by atoms with Crippen molar-refractivity contribution in [3.8, 4) is 5.75 Å². The SMILES string of the molecule is CCCC[C@]1(C)CN(c2ccccc2)c2cc(SC)c(O/C=C(\F)C(=O)O)cc2S(O)(O)C1. The summed E-state index contributed by atoms with van der Waals surface area (Å²) in [5.41, 5.74) is 1.22. The molecule has 6 nitrogen and oxygen atoms in total. The molecule has 0 aromatic heterocycles. The topological polar surface area (TPSA) is 90.2 Å². The molecule has 33 heavy (non-hydrogen) atoms. The molecule has 1 aliphatic heterocycles. The highest BCUT2D eigenvalue weighted by atomic mass is 32.3. The number of carboxylic acids is 1. The quantitative estimate of drug-likeness (QED) is 0.204. The van der Waals surface area contributed by atoms with Crippen LogP contribution in [-0.2, 0) is 4.79 Å². The van der Waals surface area contributed by atoms with Crippen molar-refractivity contribution in [1.82, 2.24) is 0 Å². The normalized spacial score (nSPS) is 21.2. The first-order chi connectivity index (χ1) is 15.6. The van der Waals surface area contributed by atoms with Crippen LogP contribution in [0.1, 0.15) is 33.1 Å². The number of hydrogen-bond donors (Lipinski definition) is 3. The van der Waals surface area contributed by atoms with Gasteiger partial charge < -0.3 is 14.7 Å². The van der Waals surface area contributed by atoms with E-state index in [1.165, 1.54) is 17.8 Å². The van der Waals surface area contributed by atoms with E-state index in [4.69, 9.17) is 9.84 Å².